The zero-order valence-corrected chi connectivity index (χ0v) is 12.0. The second kappa shape index (κ2) is 5.76. The van der Waals surface area contributed by atoms with Crippen molar-refractivity contribution in [2.24, 2.45) is 0 Å². The van der Waals surface area contributed by atoms with Gasteiger partial charge in [0.2, 0.25) is 5.91 Å². The third-order valence-electron chi connectivity index (χ3n) is 3.61. The highest BCUT2D eigenvalue weighted by atomic mass is 35.5. The Labute approximate surface area is 127 Å². The van der Waals surface area contributed by atoms with E-state index in [1.807, 2.05) is 18.2 Å². The van der Waals surface area contributed by atoms with Crippen LogP contribution in [0.2, 0.25) is 5.02 Å². The van der Waals surface area contributed by atoms with Crippen molar-refractivity contribution in [3.8, 4) is 5.75 Å². The van der Waals surface area contributed by atoms with E-state index < -0.39 is 0 Å². The van der Waals surface area contributed by atoms with Crippen LogP contribution in [-0.4, -0.2) is 17.1 Å². The molecule has 5 heteroatoms. The van der Waals surface area contributed by atoms with Crippen molar-refractivity contribution >= 4 is 23.2 Å². The molecule has 0 bridgehead atoms. The van der Waals surface area contributed by atoms with E-state index in [-0.39, 0.29) is 22.7 Å². The molecule has 1 amide bonds. The number of amides is 1. The first kappa shape index (κ1) is 13.9. The molecule has 0 aromatic heterocycles. The van der Waals surface area contributed by atoms with E-state index in [1.165, 1.54) is 23.3 Å². The van der Waals surface area contributed by atoms with Crippen LogP contribution in [0.4, 0.5) is 5.69 Å². The van der Waals surface area contributed by atoms with E-state index in [9.17, 15) is 9.90 Å². The number of halogens is 1. The summed E-state index contributed by atoms with van der Waals surface area (Å²) >= 11 is 5.83. The molecule has 0 saturated heterocycles. The fraction of sp³-hybridized carbons (Fsp3) is 0.188. The fourth-order valence-electron chi connectivity index (χ4n) is 2.45. The number of aromatic hydroxyl groups is 1. The lowest BCUT2D eigenvalue weighted by molar-refractivity contribution is -0.118. The molecule has 3 N–H and O–H groups in total. The summed E-state index contributed by atoms with van der Waals surface area (Å²) in [6, 6.07) is 12.4. The van der Waals surface area contributed by atoms with Gasteiger partial charge in [-0.1, -0.05) is 35.9 Å². The summed E-state index contributed by atoms with van der Waals surface area (Å²) in [7, 11) is 0. The fourth-order valence-corrected chi connectivity index (χ4v) is 2.63. The Morgan fingerprint density at radius 3 is 2.76 bits per heavy atom. The van der Waals surface area contributed by atoms with Gasteiger partial charge in [-0.3, -0.25) is 4.79 Å². The van der Waals surface area contributed by atoms with Gasteiger partial charge in [-0.25, -0.2) is 0 Å². The first-order chi connectivity index (χ1) is 10.1. The molecule has 3 rings (SSSR count). The molecule has 1 atom stereocenters. The van der Waals surface area contributed by atoms with Gasteiger partial charge in [-0.2, -0.15) is 0 Å². The van der Waals surface area contributed by atoms with Gasteiger partial charge in [-0.05, 0) is 35.7 Å². The maximum atomic E-state index is 12.3. The number of anilines is 1. The lowest BCUT2D eigenvalue weighted by atomic mass is 9.95. The van der Waals surface area contributed by atoms with E-state index >= 15 is 0 Å². The Hall–Kier alpha value is -2.04. The summed E-state index contributed by atoms with van der Waals surface area (Å²) in [4.78, 5) is 12.3. The second-order valence-electron chi connectivity index (χ2n) is 5.06. The van der Waals surface area contributed by atoms with Gasteiger partial charge in [0.05, 0.1) is 11.1 Å². The monoisotopic (exact) mass is 302 g/mol. The number of hydrogen-bond acceptors (Lipinski definition) is 3. The number of rotatable bonds is 2. The molecule has 108 valence electrons. The molecule has 1 aliphatic rings. The highest BCUT2D eigenvalue weighted by Gasteiger charge is 2.23. The van der Waals surface area contributed by atoms with Gasteiger partial charge in [0.15, 0.2) is 0 Å². The minimum atomic E-state index is -0.271. The summed E-state index contributed by atoms with van der Waals surface area (Å²) in [5.74, 6) is -0.106. The van der Waals surface area contributed by atoms with Crippen molar-refractivity contribution in [1.29, 1.82) is 0 Å². The van der Waals surface area contributed by atoms with Crippen LogP contribution in [0.25, 0.3) is 0 Å². The maximum Gasteiger partial charge on any atom is 0.241 e. The average molecular weight is 303 g/mol. The van der Waals surface area contributed by atoms with Crippen molar-refractivity contribution < 1.29 is 9.90 Å². The number of nitrogens with one attached hydrogen (secondary N) is 2. The molecule has 1 unspecified atom stereocenters. The first-order valence-corrected chi connectivity index (χ1v) is 7.11. The number of benzene rings is 2. The normalized spacial score (nSPS) is 17.1. The SMILES string of the molecule is O=C(Nc1ccc(O)c(Cl)c1)C1Cc2ccccc2CN1. The lowest BCUT2D eigenvalue weighted by Gasteiger charge is -2.25. The van der Waals surface area contributed by atoms with E-state index in [0.717, 1.165) is 0 Å². The standard InChI is InChI=1S/C16H15ClN2O2/c17-13-8-12(5-6-15(13)20)19-16(21)14-7-10-3-1-2-4-11(10)9-18-14/h1-6,8,14,18,20H,7,9H2,(H,19,21). The van der Waals surface area contributed by atoms with Crippen LogP contribution in [0.15, 0.2) is 42.5 Å². The molecule has 2 aromatic carbocycles. The van der Waals surface area contributed by atoms with Crippen molar-refractivity contribution in [1.82, 2.24) is 5.32 Å². The average Bonchev–Trinajstić information content (AvgIpc) is 2.50. The highest BCUT2D eigenvalue weighted by Crippen LogP contribution is 2.26. The molecule has 1 heterocycles. The third kappa shape index (κ3) is 3.01. The third-order valence-corrected chi connectivity index (χ3v) is 3.92. The molecule has 0 radical (unpaired) electrons. The number of phenols is 1. The smallest absolute Gasteiger partial charge is 0.241 e. The van der Waals surface area contributed by atoms with Crippen LogP contribution in [0.1, 0.15) is 11.1 Å². The Morgan fingerprint density at radius 1 is 1.24 bits per heavy atom. The van der Waals surface area contributed by atoms with Crippen LogP contribution in [0.5, 0.6) is 5.75 Å². The number of hydrogen-bond donors (Lipinski definition) is 3. The molecule has 0 aliphatic carbocycles. The Bertz CT molecular complexity index is 688. The van der Waals surface area contributed by atoms with E-state index in [2.05, 4.69) is 16.7 Å². The summed E-state index contributed by atoms with van der Waals surface area (Å²) in [6.45, 7) is 0.685. The van der Waals surface area contributed by atoms with Gasteiger partial charge in [0, 0.05) is 12.2 Å². The molecule has 21 heavy (non-hydrogen) atoms. The van der Waals surface area contributed by atoms with Crippen molar-refractivity contribution in [2.45, 2.75) is 19.0 Å². The summed E-state index contributed by atoms with van der Waals surface area (Å²) in [5, 5.41) is 15.6. The summed E-state index contributed by atoms with van der Waals surface area (Å²) in [6.07, 6.45) is 0.661. The minimum Gasteiger partial charge on any atom is -0.506 e. The van der Waals surface area contributed by atoms with Crippen LogP contribution in [0.3, 0.4) is 0 Å². The van der Waals surface area contributed by atoms with Crippen LogP contribution >= 0.6 is 11.6 Å². The van der Waals surface area contributed by atoms with Crippen molar-refractivity contribution in [3.05, 3.63) is 58.6 Å². The van der Waals surface area contributed by atoms with Crippen LogP contribution in [-0.2, 0) is 17.8 Å². The topological polar surface area (TPSA) is 61.4 Å². The maximum absolute atomic E-state index is 12.3. The molecule has 0 saturated carbocycles. The number of phenolic OH excluding ortho intramolecular Hbond substituents is 1. The predicted molar refractivity (Wildman–Crippen MR) is 82.5 cm³/mol. The Kier molecular flexibility index (Phi) is 3.82. The zero-order chi connectivity index (χ0) is 14.8. The van der Waals surface area contributed by atoms with Crippen LogP contribution < -0.4 is 10.6 Å². The molecule has 1 aliphatic heterocycles. The van der Waals surface area contributed by atoms with Gasteiger partial charge < -0.3 is 15.7 Å². The van der Waals surface area contributed by atoms with Crippen LogP contribution in [0, 0.1) is 0 Å². The zero-order valence-electron chi connectivity index (χ0n) is 11.3. The minimum absolute atomic E-state index is 0.000570. The van der Waals surface area contributed by atoms with E-state index in [1.54, 1.807) is 6.07 Å². The number of fused-ring (bicyclic) bond motifs is 1. The molecule has 0 spiro atoms. The number of carbonyl (C=O) groups excluding carboxylic acids is 1. The Morgan fingerprint density at radius 2 is 2.00 bits per heavy atom. The summed E-state index contributed by atoms with van der Waals surface area (Å²) < 4.78 is 0. The molecule has 4 nitrogen and oxygen atoms in total. The quantitative estimate of drug-likeness (QED) is 0.748. The predicted octanol–water partition coefficient (Wildman–Crippen LogP) is 2.70. The molecule has 2 aromatic rings. The first-order valence-electron chi connectivity index (χ1n) is 6.73. The van der Waals surface area contributed by atoms with Gasteiger partial charge in [0.1, 0.15) is 5.75 Å². The highest BCUT2D eigenvalue weighted by molar-refractivity contribution is 6.32. The lowest BCUT2D eigenvalue weighted by Crippen LogP contribution is -2.44. The molecular weight excluding hydrogens is 288 g/mol. The second-order valence-corrected chi connectivity index (χ2v) is 5.47. The van der Waals surface area contributed by atoms with E-state index in [4.69, 9.17) is 11.6 Å². The largest absolute Gasteiger partial charge is 0.506 e. The Balaban J connectivity index is 1.70. The molecule has 0 fully saturated rings. The number of carbonyl (C=O) groups is 1. The van der Waals surface area contributed by atoms with Gasteiger partial charge in [-0.15, -0.1) is 0 Å². The van der Waals surface area contributed by atoms with E-state index in [0.29, 0.717) is 18.7 Å². The summed E-state index contributed by atoms with van der Waals surface area (Å²) in [5.41, 5.74) is 3.00. The van der Waals surface area contributed by atoms with Crippen molar-refractivity contribution in [3.63, 3.8) is 0 Å². The molecular formula is C16H15ClN2O2. The van der Waals surface area contributed by atoms with Gasteiger partial charge >= 0.3 is 0 Å². The van der Waals surface area contributed by atoms with Gasteiger partial charge in [0.25, 0.3) is 0 Å². The van der Waals surface area contributed by atoms with Crippen molar-refractivity contribution in [2.75, 3.05) is 5.32 Å².